The number of furan rings is 1. The van der Waals surface area contributed by atoms with Crippen molar-refractivity contribution in [2.75, 3.05) is 45.7 Å². The summed E-state index contributed by atoms with van der Waals surface area (Å²) in [6, 6.07) is 2.18. The maximum absolute atomic E-state index is 13.1. The Kier molecular flexibility index (Phi) is 9.36. The van der Waals surface area contributed by atoms with Crippen LogP contribution in [0.3, 0.4) is 0 Å². The molecule has 3 amide bonds. The summed E-state index contributed by atoms with van der Waals surface area (Å²) < 4.78 is 15.5. The standard InChI is InChI=1S/C22H29N5O8S/c1-4-26(5-2)8-10-34-21(30)17-13(11-35-22(23)31)12-36-20-16(19(29)27(17)20)24-18(28)15(25-32-3)14-7-6-9-33-14/h6-7,9,16,20H,4-5,8,10-12H2,1-3H3,(H2,23,31)(H,24,28)/b25-15+/t16-,20-/m1/s1. The first-order valence-corrected chi connectivity index (χ1v) is 12.3. The summed E-state index contributed by atoms with van der Waals surface area (Å²) in [5.41, 5.74) is 5.32. The van der Waals surface area contributed by atoms with Crippen LogP contribution in [0.5, 0.6) is 0 Å². The molecule has 0 saturated carbocycles. The van der Waals surface area contributed by atoms with Crippen LogP contribution in [-0.4, -0.2) is 96.5 Å². The van der Waals surface area contributed by atoms with Crippen LogP contribution in [0.4, 0.5) is 4.79 Å². The molecule has 0 unspecified atom stereocenters. The number of likely N-dealkylation sites (N-methyl/N-ethyl adjacent to an activating group) is 1. The van der Waals surface area contributed by atoms with Gasteiger partial charge in [0.15, 0.2) is 5.76 Å². The van der Waals surface area contributed by atoms with E-state index in [4.69, 9.17) is 24.5 Å². The first-order chi connectivity index (χ1) is 17.3. The van der Waals surface area contributed by atoms with Gasteiger partial charge in [0.25, 0.3) is 11.8 Å². The number of rotatable bonds is 12. The normalized spacial score (nSPS) is 19.5. The van der Waals surface area contributed by atoms with Crippen LogP contribution in [0.2, 0.25) is 0 Å². The Morgan fingerprint density at radius 3 is 2.67 bits per heavy atom. The highest BCUT2D eigenvalue weighted by molar-refractivity contribution is 8.00. The molecule has 3 rings (SSSR count). The lowest BCUT2D eigenvalue weighted by atomic mass is 10.0. The molecule has 1 saturated heterocycles. The van der Waals surface area contributed by atoms with Gasteiger partial charge in [0.05, 0.1) is 6.26 Å². The van der Waals surface area contributed by atoms with Crippen molar-refractivity contribution in [1.82, 2.24) is 15.1 Å². The Bertz CT molecular complexity index is 1040. The number of oxime groups is 1. The maximum Gasteiger partial charge on any atom is 0.404 e. The first-order valence-electron chi connectivity index (χ1n) is 11.3. The Morgan fingerprint density at radius 1 is 1.31 bits per heavy atom. The minimum atomic E-state index is -1.01. The molecule has 36 heavy (non-hydrogen) atoms. The average molecular weight is 524 g/mol. The van der Waals surface area contributed by atoms with Gasteiger partial charge in [-0.2, -0.15) is 0 Å². The van der Waals surface area contributed by atoms with Crippen molar-refractivity contribution in [3.8, 4) is 0 Å². The molecular formula is C22H29N5O8S. The molecular weight excluding hydrogens is 494 g/mol. The van der Waals surface area contributed by atoms with E-state index in [-0.39, 0.29) is 36.1 Å². The third-order valence-corrected chi connectivity index (χ3v) is 6.94. The van der Waals surface area contributed by atoms with Crippen molar-refractivity contribution >= 4 is 41.4 Å². The van der Waals surface area contributed by atoms with Crippen LogP contribution in [0.25, 0.3) is 0 Å². The zero-order valence-corrected chi connectivity index (χ0v) is 21.0. The van der Waals surface area contributed by atoms with Crippen LogP contribution < -0.4 is 11.1 Å². The number of nitrogens with zero attached hydrogens (tertiary/aromatic N) is 3. The molecule has 2 atom stereocenters. The lowest BCUT2D eigenvalue weighted by molar-refractivity contribution is -0.152. The summed E-state index contributed by atoms with van der Waals surface area (Å²) in [7, 11) is 1.28. The second kappa shape index (κ2) is 12.4. The van der Waals surface area contributed by atoms with E-state index in [9.17, 15) is 19.2 Å². The monoisotopic (exact) mass is 523 g/mol. The summed E-state index contributed by atoms with van der Waals surface area (Å²) in [5, 5.41) is 5.75. The van der Waals surface area contributed by atoms with Gasteiger partial charge < -0.3 is 34.7 Å². The van der Waals surface area contributed by atoms with E-state index in [1.165, 1.54) is 36.1 Å². The number of ether oxygens (including phenoxy) is 2. The number of carbonyl (C=O) groups excluding carboxylic acids is 4. The largest absolute Gasteiger partial charge is 0.462 e. The molecule has 0 aromatic carbocycles. The van der Waals surface area contributed by atoms with Crippen LogP contribution in [-0.2, 0) is 28.7 Å². The highest BCUT2D eigenvalue weighted by Gasteiger charge is 2.54. The van der Waals surface area contributed by atoms with E-state index in [2.05, 4.69) is 15.4 Å². The predicted octanol–water partition coefficient (Wildman–Crippen LogP) is 0.264. The zero-order chi connectivity index (χ0) is 26.2. The molecule has 1 aromatic heterocycles. The molecule has 196 valence electrons. The predicted molar refractivity (Wildman–Crippen MR) is 129 cm³/mol. The number of esters is 1. The lowest BCUT2D eigenvalue weighted by Crippen LogP contribution is -2.71. The van der Waals surface area contributed by atoms with Gasteiger partial charge in [0.2, 0.25) is 5.71 Å². The Hall–Kier alpha value is -3.52. The highest BCUT2D eigenvalue weighted by atomic mass is 32.2. The van der Waals surface area contributed by atoms with Crippen LogP contribution >= 0.6 is 11.8 Å². The lowest BCUT2D eigenvalue weighted by Gasteiger charge is -2.49. The maximum atomic E-state index is 13.1. The third-order valence-electron chi connectivity index (χ3n) is 5.60. The number of amides is 3. The number of primary amides is 1. The molecule has 14 heteroatoms. The fourth-order valence-electron chi connectivity index (χ4n) is 3.73. The second-order valence-corrected chi connectivity index (χ2v) is 8.79. The van der Waals surface area contributed by atoms with E-state index in [1.54, 1.807) is 6.07 Å². The molecule has 3 N–H and O–H groups in total. The van der Waals surface area contributed by atoms with Crippen molar-refractivity contribution in [2.45, 2.75) is 25.3 Å². The fraction of sp³-hybridized carbons (Fsp3) is 0.500. The quantitative estimate of drug-likeness (QED) is 0.168. The van der Waals surface area contributed by atoms with E-state index in [0.717, 1.165) is 13.1 Å². The number of hydrogen-bond acceptors (Lipinski definition) is 11. The summed E-state index contributed by atoms with van der Waals surface area (Å²) in [6.07, 6.45) is 0.367. The highest BCUT2D eigenvalue weighted by Crippen LogP contribution is 2.40. The van der Waals surface area contributed by atoms with Crippen molar-refractivity contribution in [1.29, 1.82) is 0 Å². The van der Waals surface area contributed by atoms with Gasteiger partial charge in [-0.3, -0.25) is 14.5 Å². The number of thioether (sulfide) groups is 1. The first kappa shape index (κ1) is 27.1. The van der Waals surface area contributed by atoms with Gasteiger partial charge in [-0.15, -0.1) is 11.8 Å². The van der Waals surface area contributed by atoms with Gasteiger partial charge in [-0.25, -0.2) is 9.59 Å². The molecule has 2 aliphatic heterocycles. The summed E-state index contributed by atoms with van der Waals surface area (Å²) in [4.78, 5) is 58.1. The summed E-state index contributed by atoms with van der Waals surface area (Å²) in [6.45, 7) is 5.97. The Labute approximate surface area is 211 Å². The number of fused-ring (bicyclic) bond motifs is 1. The van der Waals surface area contributed by atoms with Crippen LogP contribution in [0.1, 0.15) is 19.6 Å². The molecule has 0 aliphatic carbocycles. The van der Waals surface area contributed by atoms with E-state index in [0.29, 0.717) is 12.1 Å². The van der Waals surface area contributed by atoms with Crippen LogP contribution in [0, 0.1) is 0 Å². The van der Waals surface area contributed by atoms with Gasteiger partial charge in [-0.05, 0) is 25.2 Å². The Balaban J connectivity index is 1.75. The summed E-state index contributed by atoms with van der Waals surface area (Å²) >= 11 is 1.30. The Morgan fingerprint density at radius 2 is 2.06 bits per heavy atom. The third kappa shape index (κ3) is 5.99. The number of nitrogens with one attached hydrogen (secondary N) is 1. The zero-order valence-electron chi connectivity index (χ0n) is 20.2. The molecule has 1 aromatic rings. The van der Waals surface area contributed by atoms with Crippen molar-refractivity contribution < 1.29 is 37.9 Å². The fourth-order valence-corrected chi connectivity index (χ4v) is 5.06. The minimum absolute atomic E-state index is 0.00753. The van der Waals surface area contributed by atoms with Crippen LogP contribution in [0.15, 0.2) is 39.2 Å². The number of carbonyl (C=O) groups is 4. The molecule has 1 fully saturated rings. The van der Waals surface area contributed by atoms with Gasteiger partial charge in [0.1, 0.15) is 37.4 Å². The number of β-lactam (4-membered cyclic amide) rings is 1. The van der Waals surface area contributed by atoms with Gasteiger partial charge in [0, 0.05) is 17.9 Å². The summed E-state index contributed by atoms with van der Waals surface area (Å²) in [5.74, 6) is -1.50. The van der Waals surface area contributed by atoms with E-state index < -0.39 is 35.3 Å². The number of nitrogens with two attached hydrogens (primary N) is 1. The van der Waals surface area contributed by atoms with E-state index >= 15 is 0 Å². The second-order valence-electron chi connectivity index (χ2n) is 7.68. The molecule has 13 nitrogen and oxygen atoms in total. The smallest absolute Gasteiger partial charge is 0.404 e. The molecule has 0 spiro atoms. The molecule has 2 aliphatic rings. The van der Waals surface area contributed by atoms with Gasteiger partial charge in [-0.1, -0.05) is 19.0 Å². The van der Waals surface area contributed by atoms with E-state index in [1.807, 2.05) is 13.8 Å². The SMILES string of the molecule is CCN(CC)CCOC(=O)C1=C(COC(N)=O)CS[C@@H]2[C@H](NC(=O)/C(=N/OC)c3ccco3)C(=O)N12. The number of hydrogen-bond donors (Lipinski definition) is 2. The molecule has 0 bridgehead atoms. The molecule has 0 radical (unpaired) electrons. The van der Waals surface area contributed by atoms with Crippen molar-refractivity contribution in [2.24, 2.45) is 10.9 Å². The average Bonchev–Trinajstić information content (AvgIpc) is 3.40. The topological polar surface area (TPSA) is 166 Å². The molecule has 3 heterocycles. The van der Waals surface area contributed by atoms with Crippen molar-refractivity contribution in [3.63, 3.8) is 0 Å². The minimum Gasteiger partial charge on any atom is -0.462 e. The van der Waals surface area contributed by atoms with Crippen molar-refractivity contribution in [3.05, 3.63) is 35.4 Å². The van der Waals surface area contributed by atoms with Gasteiger partial charge >= 0.3 is 12.1 Å².